The Balaban J connectivity index is -0.000000314. The molecule has 0 heteroatoms. The fraction of sp³-hybridized carbons (Fsp3) is 0.714. The molecule has 0 amide bonds. The summed E-state index contributed by atoms with van der Waals surface area (Å²) in [5.41, 5.74) is 15.1. The van der Waals surface area contributed by atoms with Crippen molar-refractivity contribution in [2.75, 3.05) is 0 Å². The standard InChI is InChI=1S/4C13H22.4CH4/c2*1-12(2,3)10-7-8-11(9-10)13(4,5)6;2*1-12(2,3)10-8-7-9-11(10)13(4,5)6;;;;/h7,9H,8H2,1-6H3;3*7-8H,9H2,1-6H3;4*1H4. The molecular weight excluding hydrogens is 673 g/mol. The highest BCUT2D eigenvalue weighted by molar-refractivity contribution is 5.42. The molecule has 0 fully saturated rings. The van der Waals surface area contributed by atoms with E-state index in [0.717, 1.165) is 19.3 Å². The molecule has 0 aromatic carbocycles. The van der Waals surface area contributed by atoms with Gasteiger partial charge in [0.05, 0.1) is 0 Å². The van der Waals surface area contributed by atoms with Crippen LogP contribution in [-0.4, -0.2) is 0 Å². The smallest absolute Gasteiger partial charge is 0.00917 e. The van der Waals surface area contributed by atoms with Gasteiger partial charge in [-0.25, -0.2) is 0 Å². The van der Waals surface area contributed by atoms with Crippen molar-refractivity contribution >= 4 is 0 Å². The second-order valence-corrected chi connectivity index (χ2v) is 24.1. The highest BCUT2D eigenvalue weighted by atomic mass is 14.3. The summed E-state index contributed by atoms with van der Waals surface area (Å²) in [5.74, 6) is 0. The molecule has 0 radical (unpaired) electrons. The van der Waals surface area contributed by atoms with Gasteiger partial charge in [0.2, 0.25) is 0 Å². The summed E-state index contributed by atoms with van der Waals surface area (Å²) in [6.45, 7) is 55.1. The normalized spacial score (nSPS) is 17.3. The van der Waals surface area contributed by atoms with E-state index in [9.17, 15) is 0 Å². The van der Waals surface area contributed by atoms with Crippen LogP contribution in [0.2, 0.25) is 0 Å². The van der Waals surface area contributed by atoms with E-state index in [2.05, 4.69) is 215 Å². The highest BCUT2D eigenvalue weighted by Crippen LogP contribution is 2.44. The van der Waals surface area contributed by atoms with Crippen molar-refractivity contribution in [3.63, 3.8) is 0 Å². The van der Waals surface area contributed by atoms with Gasteiger partial charge in [0.25, 0.3) is 0 Å². The Labute approximate surface area is 356 Å². The molecule has 0 N–H and O–H groups in total. The molecule has 0 aromatic rings. The van der Waals surface area contributed by atoms with Crippen LogP contribution in [-0.2, 0) is 0 Å². The van der Waals surface area contributed by atoms with Crippen molar-refractivity contribution in [1.82, 2.24) is 0 Å². The fourth-order valence-corrected chi connectivity index (χ4v) is 6.96. The molecule has 4 rings (SSSR count). The molecule has 0 heterocycles. The maximum absolute atomic E-state index is 2.39. The van der Waals surface area contributed by atoms with Crippen molar-refractivity contribution < 1.29 is 0 Å². The van der Waals surface area contributed by atoms with Crippen molar-refractivity contribution in [2.45, 2.75) is 222 Å². The number of rotatable bonds is 0. The molecule has 0 aromatic heterocycles. The molecule has 0 saturated heterocycles. The summed E-state index contributed by atoms with van der Waals surface area (Å²) in [5, 5.41) is 0. The molecule has 4 aliphatic carbocycles. The maximum atomic E-state index is 2.39. The minimum Gasteiger partial charge on any atom is -0.0801 e. The Morgan fingerprint density at radius 2 is 0.643 bits per heavy atom. The van der Waals surface area contributed by atoms with Gasteiger partial charge in [-0.3, -0.25) is 0 Å². The third kappa shape index (κ3) is 19.1. The highest BCUT2D eigenvalue weighted by Gasteiger charge is 2.30. The summed E-state index contributed by atoms with van der Waals surface area (Å²) < 4.78 is 0. The lowest BCUT2D eigenvalue weighted by Crippen LogP contribution is -2.16. The second-order valence-electron chi connectivity index (χ2n) is 24.1. The van der Waals surface area contributed by atoms with Crippen LogP contribution >= 0.6 is 0 Å². The minimum absolute atomic E-state index is 0. The van der Waals surface area contributed by atoms with E-state index in [1.54, 1.807) is 39.0 Å². The van der Waals surface area contributed by atoms with Crippen molar-refractivity contribution in [1.29, 1.82) is 0 Å². The Hall–Kier alpha value is -2.08. The number of allylic oxidation sites excluding steroid dienone is 16. The summed E-state index contributed by atoms with van der Waals surface area (Å²) >= 11 is 0. The predicted molar refractivity (Wildman–Crippen MR) is 266 cm³/mol. The molecule has 328 valence electrons. The molecule has 0 aliphatic heterocycles. The van der Waals surface area contributed by atoms with Crippen LogP contribution in [0.1, 0.15) is 222 Å². The summed E-state index contributed by atoms with van der Waals surface area (Å²) in [6, 6.07) is 0. The minimum atomic E-state index is 0. The van der Waals surface area contributed by atoms with Gasteiger partial charge < -0.3 is 0 Å². The quantitative estimate of drug-likeness (QED) is 0.230. The average Bonchev–Trinajstić information content (AvgIpc) is 3.72. The topological polar surface area (TPSA) is 0 Å². The SMILES string of the molecule is C.C.C.C.CC(C)(C)C1=C(C(C)(C)C)CC=C1.CC(C)(C)C1=C(C(C)(C)C)CC=C1.CC(C)(C)C1=CC=C(C(C)(C)C)C1.CC(C)(C)C1=CCC(C(C)(C)C)=C1. The van der Waals surface area contributed by atoms with Crippen LogP contribution in [0.15, 0.2) is 93.2 Å². The summed E-state index contributed by atoms with van der Waals surface area (Å²) in [4.78, 5) is 0. The third-order valence-electron chi connectivity index (χ3n) is 10.8. The zero-order chi connectivity index (χ0) is 41.1. The van der Waals surface area contributed by atoms with E-state index in [4.69, 9.17) is 0 Å². The maximum Gasteiger partial charge on any atom is -0.00917 e. The molecule has 0 saturated carbocycles. The molecule has 0 bridgehead atoms. The lowest BCUT2D eigenvalue weighted by molar-refractivity contribution is 0.452. The van der Waals surface area contributed by atoms with Gasteiger partial charge in [-0.15, -0.1) is 0 Å². The van der Waals surface area contributed by atoms with Crippen molar-refractivity contribution in [3.8, 4) is 0 Å². The van der Waals surface area contributed by atoms with E-state index in [1.165, 1.54) is 12.0 Å². The number of hydrogen-bond acceptors (Lipinski definition) is 0. The van der Waals surface area contributed by atoms with Gasteiger partial charge in [-0.1, -0.05) is 272 Å². The van der Waals surface area contributed by atoms with Crippen LogP contribution in [0.4, 0.5) is 0 Å². The van der Waals surface area contributed by atoms with Crippen molar-refractivity contribution in [2.24, 2.45) is 43.3 Å². The van der Waals surface area contributed by atoms with Crippen LogP contribution in [0.5, 0.6) is 0 Å². The molecule has 4 aliphatic rings. The first-order chi connectivity index (χ1) is 22.9. The van der Waals surface area contributed by atoms with Crippen LogP contribution in [0.25, 0.3) is 0 Å². The Kier molecular flexibility index (Phi) is 23.0. The predicted octanol–water partition coefficient (Wildman–Crippen LogP) is 19.9. The Morgan fingerprint density at radius 1 is 0.339 bits per heavy atom. The first-order valence-corrected chi connectivity index (χ1v) is 20.5. The van der Waals surface area contributed by atoms with E-state index in [1.807, 2.05) is 0 Å². The van der Waals surface area contributed by atoms with Crippen LogP contribution in [0, 0.1) is 43.3 Å². The monoisotopic (exact) mass is 777 g/mol. The van der Waals surface area contributed by atoms with Gasteiger partial charge in [-0.05, 0) is 85.7 Å². The summed E-state index contributed by atoms with van der Waals surface area (Å²) in [6.07, 6.45) is 23.2. The van der Waals surface area contributed by atoms with Crippen molar-refractivity contribution in [3.05, 3.63) is 93.2 Å². The lowest BCUT2D eigenvalue weighted by Gasteiger charge is -2.29. The Bertz CT molecular complexity index is 1380. The van der Waals surface area contributed by atoms with E-state index in [-0.39, 0.29) is 29.7 Å². The third-order valence-corrected chi connectivity index (χ3v) is 10.8. The summed E-state index contributed by atoms with van der Waals surface area (Å²) in [7, 11) is 0. The zero-order valence-electron chi connectivity index (χ0n) is 39.4. The van der Waals surface area contributed by atoms with Gasteiger partial charge >= 0.3 is 0 Å². The largest absolute Gasteiger partial charge is 0.0801 e. The first kappa shape index (κ1) is 60.6. The van der Waals surface area contributed by atoms with Gasteiger partial charge in [0.1, 0.15) is 0 Å². The molecule has 0 unspecified atom stereocenters. The van der Waals surface area contributed by atoms with E-state index < -0.39 is 0 Å². The van der Waals surface area contributed by atoms with Gasteiger partial charge in [0.15, 0.2) is 0 Å². The fourth-order valence-electron chi connectivity index (χ4n) is 6.96. The van der Waals surface area contributed by atoms with Gasteiger partial charge in [0, 0.05) is 0 Å². The molecule has 0 atom stereocenters. The lowest BCUT2D eigenvalue weighted by atomic mass is 9.76. The first-order valence-electron chi connectivity index (χ1n) is 20.5. The number of hydrogen-bond donors (Lipinski definition) is 0. The molecule has 0 spiro atoms. The molecular formula is C56H104. The molecule has 0 nitrogen and oxygen atoms in total. The molecule has 56 heavy (non-hydrogen) atoms. The Morgan fingerprint density at radius 3 is 0.804 bits per heavy atom. The second kappa shape index (κ2) is 21.3. The van der Waals surface area contributed by atoms with Crippen LogP contribution < -0.4 is 0 Å². The zero-order valence-corrected chi connectivity index (χ0v) is 39.4. The van der Waals surface area contributed by atoms with E-state index >= 15 is 0 Å². The van der Waals surface area contributed by atoms with E-state index in [0.29, 0.717) is 43.3 Å². The van der Waals surface area contributed by atoms with Crippen LogP contribution in [0.3, 0.4) is 0 Å². The average molecular weight is 777 g/mol. The van der Waals surface area contributed by atoms with Gasteiger partial charge in [-0.2, -0.15) is 0 Å².